The minimum Gasteiger partial charge on any atom is -0.482 e. The van der Waals surface area contributed by atoms with Crippen LogP contribution in [0.5, 0.6) is 5.75 Å². The molecule has 1 aromatic carbocycles. The van der Waals surface area contributed by atoms with Crippen LogP contribution in [0.15, 0.2) is 18.2 Å². The Morgan fingerprint density at radius 1 is 1.33 bits per heavy atom. The second-order valence-electron chi connectivity index (χ2n) is 6.97. The zero-order valence-electron chi connectivity index (χ0n) is 15.1. The Balaban J connectivity index is 0.00000210. The molecular formula is C18H21ClN2O6. The van der Waals surface area contributed by atoms with Crippen molar-refractivity contribution in [1.82, 2.24) is 4.90 Å². The largest absolute Gasteiger partial charge is 0.482 e. The summed E-state index contributed by atoms with van der Waals surface area (Å²) in [6.07, 6.45) is 0. The molecule has 4 rings (SSSR count). The van der Waals surface area contributed by atoms with Gasteiger partial charge in [-0.25, -0.2) is 0 Å². The van der Waals surface area contributed by atoms with Crippen molar-refractivity contribution in [2.75, 3.05) is 52.0 Å². The Morgan fingerprint density at radius 2 is 2.11 bits per heavy atom. The van der Waals surface area contributed by atoms with Gasteiger partial charge < -0.3 is 24.0 Å². The molecule has 2 atom stereocenters. The fraction of sp³-hybridized carbons (Fsp3) is 0.500. The highest BCUT2D eigenvalue weighted by atomic mass is 35.5. The number of halogens is 1. The summed E-state index contributed by atoms with van der Waals surface area (Å²) in [4.78, 5) is 40.3. The molecule has 2 fully saturated rings. The first kappa shape index (κ1) is 19.4. The van der Waals surface area contributed by atoms with Gasteiger partial charge in [0.05, 0.1) is 26.0 Å². The second kappa shape index (κ2) is 7.01. The van der Waals surface area contributed by atoms with E-state index in [1.807, 2.05) is 0 Å². The van der Waals surface area contributed by atoms with E-state index >= 15 is 0 Å². The molecule has 3 aliphatic rings. The molecule has 3 aliphatic heterocycles. The zero-order valence-corrected chi connectivity index (χ0v) is 15.9. The Morgan fingerprint density at radius 3 is 2.85 bits per heavy atom. The van der Waals surface area contributed by atoms with Crippen molar-refractivity contribution < 1.29 is 28.6 Å². The van der Waals surface area contributed by atoms with Crippen LogP contribution in [0.4, 0.5) is 5.69 Å². The molecule has 0 aliphatic carbocycles. The summed E-state index contributed by atoms with van der Waals surface area (Å²) in [7, 11) is 3.01. The molecule has 27 heavy (non-hydrogen) atoms. The standard InChI is InChI=1S/C18H20N2O6.ClH/c1-19-13-5-11(3-4-14(13)26-8-15(19)21)16(22)20-6-12-7-25-10-18(12,9-20)17(23)24-2;/h3-5,12H,6-10H2,1-2H3;1H/t12-,18-;/m0./s1. The number of benzene rings is 1. The van der Waals surface area contributed by atoms with Crippen LogP contribution in [0.2, 0.25) is 0 Å². The summed E-state index contributed by atoms with van der Waals surface area (Å²) < 4.78 is 15.8. The summed E-state index contributed by atoms with van der Waals surface area (Å²) in [6.45, 7) is 1.41. The lowest BCUT2D eigenvalue weighted by atomic mass is 9.81. The molecule has 0 spiro atoms. The molecule has 0 aromatic heterocycles. The van der Waals surface area contributed by atoms with E-state index in [4.69, 9.17) is 14.2 Å². The number of esters is 1. The first-order chi connectivity index (χ1) is 12.5. The molecule has 146 valence electrons. The zero-order chi connectivity index (χ0) is 18.5. The van der Waals surface area contributed by atoms with Crippen molar-refractivity contribution >= 4 is 35.9 Å². The van der Waals surface area contributed by atoms with Gasteiger partial charge in [-0.3, -0.25) is 14.4 Å². The number of likely N-dealkylation sites (N-methyl/N-ethyl adjacent to an activating group) is 1. The molecule has 0 unspecified atom stereocenters. The highest BCUT2D eigenvalue weighted by Crippen LogP contribution is 2.43. The lowest BCUT2D eigenvalue weighted by Crippen LogP contribution is -2.41. The maximum atomic E-state index is 13.0. The maximum Gasteiger partial charge on any atom is 0.316 e. The number of carbonyl (C=O) groups is 3. The molecule has 1 aromatic rings. The fourth-order valence-electron chi connectivity index (χ4n) is 3.97. The predicted molar refractivity (Wildman–Crippen MR) is 97.3 cm³/mol. The Hall–Kier alpha value is -2.32. The third-order valence-corrected chi connectivity index (χ3v) is 5.55. The lowest BCUT2D eigenvalue weighted by Gasteiger charge is -2.27. The Bertz CT molecular complexity index is 800. The van der Waals surface area contributed by atoms with E-state index in [-0.39, 0.29) is 55.9 Å². The van der Waals surface area contributed by atoms with Crippen molar-refractivity contribution in [3.63, 3.8) is 0 Å². The monoisotopic (exact) mass is 396 g/mol. The third kappa shape index (κ3) is 2.93. The SMILES string of the molecule is COC(=O)[C@@]12COC[C@@H]1CN(C(=O)c1ccc3c(c1)N(C)C(=O)CO3)C2.Cl. The van der Waals surface area contributed by atoms with Gasteiger partial charge >= 0.3 is 5.97 Å². The van der Waals surface area contributed by atoms with E-state index in [1.54, 1.807) is 30.1 Å². The number of hydrogen-bond acceptors (Lipinski definition) is 6. The molecular weight excluding hydrogens is 376 g/mol. The van der Waals surface area contributed by atoms with E-state index in [2.05, 4.69) is 0 Å². The van der Waals surface area contributed by atoms with E-state index in [1.165, 1.54) is 12.0 Å². The molecule has 2 amide bonds. The quantitative estimate of drug-likeness (QED) is 0.685. The van der Waals surface area contributed by atoms with Crippen molar-refractivity contribution in [2.45, 2.75) is 0 Å². The van der Waals surface area contributed by atoms with Gasteiger partial charge in [-0.1, -0.05) is 0 Å². The summed E-state index contributed by atoms with van der Waals surface area (Å²) in [5.41, 5.74) is 0.237. The Kier molecular flexibility index (Phi) is 5.05. The average molecular weight is 397 g/mol. The molecule has 3 heterocycles. The number of rotatable bonds is 2. The maximum absolute atomic E-state index is 13.0. The minimum absolute atomic E-state index is 0. The highest BCUT2D eigenvalue weighted by Gasteiger charge is 2.57. The number of nitrogens with zero attached hydrogens (tertiary/aromatic N) is 2. The van der Waals surface area contributed by atoms with Gasteiger partial charge in [0.15, 0.2) is 6.61 Å². The predicted octanol–water partition coefficient (Wildman–Crippen LogP) is 0.725. The second-order valence-corrected chi connectivity index (χ2v) is 6.97. The van der Waals surface area contributed by atoms with Gasteiger partial charge in [-0.15, -0.1) is 12.4 Å². The molecule has 8 nitrogen and oxygen atoms in total. The van der Waals surface area contributed by atoms with Crippen LogP contribution >= 0.6 is 12.4 Å². The summed E-state index contributed by atoms with van der Waals surface area (Å²) >= 11 is 0. The van der Waals surface area contributed by atoms with Crippen LogP contribution in [-0.2, 0) is 19.1 Å². The van der Waals surface area contributed by atoms with Crippen LogP contribution < -0.4 is 9.64 Å². The van der Waals surface area contributed by atoms with Gasteiger partial charge in [0.25, 0.3) is 11.8 Å². The highest BCUT2D eigenvalue weighted by molar-refractivity contribution is 6.01. The number of likely N-dealkylation sites (tertiary alicyclic amines) is 1. The first-order valence-corrected chi connectivity index (χ1v) is 8.45. The number of hydrogen-bond donors (Lipinski definition) is 0. The first-order valence-electron chi connectivity index (χ1n) is 8.45. The van der Waals surface area contributed by atoms with E-state index in [0.717, 1.165) is 0 Å². The summed E-state index contributed by atoms with van der Waals surface area (Å²) in [6, 6.07) is 5.03. The molecule has 0 radical (unpaired) electrons. The molecule has 0 saturated carbocycles. The van der Waals surface area contributed by atoms with Gasteiger partial charge in [0, 0.05) is 31.6 Å². The number of fused-ring (bicyclic) bond motifs is 2. The Labute approximate surface area is 162 Å². The molecule has 2 saturated heterocycles. The summed E-state index contributed by atoms with van der Waals surface area (Å²) in [5.74, 6) is -0.179. The molecule has 0 N–H and O–H groups in total. The smallest absolute Gasteiger partial charge is 0.316 e. The minimum atomic E-state index is -0.783. The van der Waals surface area contributed by atoms with Crippen LogP contribution in [0.3, 0.4) is 0 Å². The van der Waals surface area contributed by atoms with E-state index in [0.29, 0.717) is 30.2 Å². The third-order valence-electron chi connectivity index (χ3n) is 5.55. The van der Waals surface area contributed by atoms with Crippen molar-refractivity contribution in [3.05, 3.63) is 23.8 Å². The molecule has 9 heteroatoms. The van der Waals surface area contributed by atoms with Crippen LogP contribution in [0.1, 0.15) is 10.4 Å². The number of amides is 2. The van der Waals surface area contributed by atoms with Crippen LogP contribution in [-0.4, -0.2) is 69.8 Å². The number of carbonyl (C=O) groups excluding carboxylic acids is 3. The van der Waals surface area contributed by atoms with Gasteiger partial charge in [-0.2, -0.15) is 0 Å². The normalized spacial score (nSPS) is 26.0. The van der Waals surface area contributed by atoms with Crippen molar-refractivity contribution in [1.29, 1.82) is 0 Å². The van der Waals surface area contributed by atoms with Gasteiger partial charge in [0.2, 0.25) is 0 Å². The van der Waals surface area contributed by atoms with E-state index < -0.39 is 5.41 Å². The number of ether oxygens (including phenoxy) is 3. The topological polar surface area (TPSA) is 85.4 Å². The van der Waals surface area contributed by atoms with Crippen molar-refractivity contribution in [3.8, 4) is 5.75 Å². The lowest BCUT2D eigenvalue weighted by molar-refractivity contribution is -0.153. The van der Waals surface area contributed by atoms with E-state index in [9.17, 15) is 14.4 Å². The van der Waals surface area contributed by atoms with Crippen molar-refractivity contribution in [2.24, 2.45) is 11.3 Å². The van der Waals surface area contributed by atoms with Gasteiger partial charge in [0.1, 0.15) is 11.2 Å². The fourth-order valence-corrected chi connectivity index (χ4v) is 3.97. The molecule has 0 bridgehead atoms. The number of methoxy groups -OCH3 is 1. The van der Waals surface area contributed by atoms with Crippen LogP contribution in [0.25, 0.3) is 0 Å². The van der Waals surface area contributed by atoms with Gasteiger partial charge in [-0.05, 0) is 18.2 Å². The number of anilines is 1. The summed E-state index contributed by atoms with van der Waals surface area (Å²) in [5, 5.41) is 0. The van der Waals surface area contributed by atoms with Crippen LogP contribution in [0, 0.1) is 11.3 Å². The average Bonchev–Trinajstić information content (AvgIpc) is 3.21.